The summed E-state index contributed by atoms with van der Waals surface area (Å²) in [6.45, 7) is 0. The molecule has 0 aromatic heterocycles. The third-order valence-electron chi connectivity index (χ3n) is 4.94. The van der Waals surface area contributed by atoms with E-state index in [1.165, 1.54) is 0 Å². The predicted octanol–water partition coefficient (Wildman–Crippen LogP) is -0.342. The van der Waals surface area contributed by atoms with Gasteiger partial charge in [0.25, 0.3) is 0 Å². The van der Waals surface area contributed by atoms with Crippen molar-refractivity contribution >= 4 is 23.9 Å². The number of rotatable bonds is 0. The van der Waals surface area contributed by atoms with E-state index in [1.54, 1.807) is 0 Å². The molecule has 2 saturated heterocycles. The highest BCUT2D eigenvalue weighted by Gasteiger charge is 2.69. The SMILES string of the molecule is O=C1OC(=O)C2C1[C@H]1CC[C@@H]2C2C(=O)OC(=O)C21. The summed E-state index contributed by atoms with van der Waals surface area (Å²) in [6.07, 6.45) is 1.36. The van der Waals surface area contributed by atoms with Crippen LogP contribution in [0.25, 0.3) is 0 Å². The van der Waals surface area contributed by atoms with E-state index in [1.807, 2.05) is 0 Å². The maximum atomic E-state index is 11.7. The van der Waals surface area contributed by atoms with Crippen LogP contribution in [0.5, 0.6) is 0 Å². The molecule has 0 radical (unpaired) electrons. The summed E-state index contributed by atoms with van der Waals surface area (Å²) < 4.78 is 9.37. The van der Waals surface area contributed by atoms with Gasteiger partial charge >= 0.3 is 23.9 Å². The summed E-state index contributed by atoms with van der Waals surface area (Å²) in [7, 11) is 0. The largest absolute Gasteiger partial charge is 0.393 e. The number of esters is 4. The molecule has 4 unspecified atom stereocenters. The minimum Gasteiger partial charge on any atom is -0.393 e. The van der Waals surface area contributed by atoms with Crippen LogP contribution >= 0.6 is 0 Å². The van der Waals surface area contributed by atoms with Gasteiger partial charge in [-0.05, 0) is 24.7 Å². The molecular formula is C12H10O6. The quantitative estimate of drug-likeness (QED) is 0.431. The third-order valence-corrected chi connectivity index (χ3v) is 4.94. The zero-order valence-electron chi connectivity index (χ0n) is 9.33. The average molecular weight is 250 g/mol. The van der Waals surface area contributed by atoms with Crippen molar-refractivity contribution in [3.05, 3.63) is 0 Å². The molecule has 94 valence electrons. The summed E-state index contributed by atoms with van der Waals surface area (Å²) in [5, 5.41) is 0. The minimum absolute atomic E-state index is 0.275. The molecule has 5 aliphatic rings. The molecule has 2 aliphatic heterocycles. The van der Waals surface area contributed by atoms with Crippen LogP contribution in [-0.4, -0.2) is 23.9 Å². The first kappa shape index (κ1) is 10.2. The van der Waals surface area contributed by atoms with Crippen LogP contribution in [0.4, 0.5) is 0 Å². The van der Waals surface area contributed by atoms with Gasteiger partial charge in [0.2, 0.25) is 0 Å². The van der Waals surface area contributed by atoms with Crippen LogP contribution in [-0.2, 0) is 28.7 Å². The van der Waals surface area contributed by atoms with Crippen LogP contribution in [0.3, 0.4) is 0 Å². The number of fused-ring (bicyclic) bond motifs is 1. The molecule has 0 aromatic rings. The molecule has 2 bridgehead atoms. The second-order valence-corrected chi connectivity index (χ2v) is 5.49. The predicted molar refractivity (Wildman–Crippen MR) is 52.4 cm³/mol. The Morgan fingerprint density at radius 3 is 1.17 bits per heavy atom. The highest BCUT2D eigenvalue weighted by Crippen LogP contribution is 2.59. The van der Waals surface area contributed by atoms with Gasteiger partial charge in [0, 0.05) is 0 Å². The van der Waals surface area contributed by atoms with Crippen molar-refractivity contribution in [2.24, 2.45) is 35.5 Å². The van der Waals surface area contributed by atoms with E-state index in [2.05, 4.69) is 9.47 Å². The zero-order valence-corrected chi connectivity index (χ0v) is 9.33. The van der Waals surface area contributed by atoms with Gasteiger partial charge in [-0.3, -0.25) is 19.2 Å². The Bertz CT molecular complexity index is 423. The first-order chi connectivity index (χ1) is 8.59. The molecule has 0 aromatic carbocycles. The van der Waals surface area contributed by atoms with E-state index in [-0.39, 0.29) is 11.8 Å². The maximum Gasteiger partial charge on any atom is 0.317 e. The van der Waals surface area contributed by atoms with Gasteiger partial charge < -0.3 is 9.47 Å². The van der Waals surface area contributed by atoms with Crippen LogP contribution in [0.15, 0.2) is 0 Å². The number of hydrogen-bond acceptors (Lipinski definition) is 6. The first-order valence-corrected chi connectivity index (χ1v) is 6.10. The lowest BCUT2D eigenvalue weighted by Gasteiger charge is -2.46. The van der Waals surface area contributed by atoms with Crippen molar-refractivity contribution < 1.29 is 28.7 Å². The molecule has 0 N–H and O–H groups in total. The van der Waals surface area contributed by atoms with Crippen LogP contribution in [0.1, 0.15) is 12.8 Å². The molecule has 6 nitrogen and oxygen atoms in total. The van der Waals surface area contributed by atoms with E-state index in [0.29, 0.717) is 12.8 Å². The van der Waals surface area contributed by atoms with Gasteiger partial charge in [-0.1, -0.05) is 0 Å². The van der Waals surface area contributed by atoms with Crippen molar-refractivity contribution in [3.8, 4) is 0 Å². The Morgan fingerprint density at radius 2 is 0.889 bits per heavy atom. The number of carbonyl (C=O) groups is 4. The fourth-order valence-corrected chi connectivity index (χ4v) is 4.37. The molecule has 4 atom stereocenters. The van der Waals surface area contributed by atoms with Gasteiger partial charge in [-0.15, -0.1) is 0 Å². The molecule has 0 spiro atoms. The van der Waals surface area contributed by atoms with Crippen LogP contribution in [0, 0.1) is 35.5 Å². The minimum atomic E-state index is -0.545. The molecule has 5 fully saturated rings. The van der Waals surface area contributed by atoms with Crippen molar-refractivity contribution in [2.75, 3.05) is 0 Å². The number of carbonyl (C=O) groups excluding carboxylic acids is 4. The summed E-state index contributed by atoms with van der Waals surface area (Å²) in [5.74, 6) is -4.88. The summed E-state index contributed by atoms with van der Waals surface area (Å²) in [5.41, 5.74) is 0. The van der Waals surface area contributed by atoms with Crippen molar-refractivity contribution in [1.29, 1.82) is 0 Å². The van der Waals surface area contributed by atoms with Gasteiger partial charge in [-0.25, -0.2) is 0 Å². The molecule has 2 heterocycles. The second kappa shape index (κ2) is 2.99. The third kappa shape index (κ3) is 0.958. The van der Waals surface area contributed by atoms with Gasteiger partial charge in [0.15, 0.2) is 0 Å². The fourth-order valence-electron chi connectivity index (χ4n) is 4.37. The Kier molecular flexibility index (Phi) is 1.70. The zero-order chi connectivity index (χ0) is 12.6. The Labute approximate surface area is 102 Å². The van der Waals surface area contributed by atoms with E-state index < -0.39 is 47.5 Å². The number of hydrogen-bond donors (Lipinski definition) is 0. The van der Waals surface area contributed by atoms with E-state index in [9.17, 15) is 19.2 Å². The topological polar surface area (TPSA) is 86.7 Å². The van der Waals surface area contributed by atoms with E-state index >= 15 is 0 Å². The highest BCUT2D eigenvalue weighted by molar-refractivity contribution is 6.02. The summed E-state index contributed by atoms with van der Waals surface area (Å²) >= 11 is 0. The number of ether oxygens (including phenoxy) is 2. The lowest BCUT2D eigenvalue weighted by atomic mass is 9.51. The fraction of sp³-hybridized carbons (Fsp3) is 0.667. The lowest BCUT2D eigenvalue weighted by molar-refractivity contribution is -0.154. The molecule has 0 amide bonds. The average Bonchev–Trinajstić information content (AvgIpc) is 2.81. The molecule has 3 aliphatic carbocycles. The van der Waals surface area contributed by atoms with Gasteiger partial charge in [-0.2, -0.15) is 0 Å². The van der Waals surface area contributed by atoms with Crippen LogP contribution in [0.2, 0.25) is 0 Å². The Morgan fingerprint density at radius 1 is 0.611 bits per heavy atom. The number of cyclic esters (lactones) is 4. The first-order valence-electron chi connectivity index (χ1n) is 6.10. The molecular weight excluding hydrogens is 240 g/mol. The molecule has 6 heteroatoms. The molecule has 18 heavy (non-hydrogen) atoms. The monoisotopic (exact) mass is 250 g/mol. The summed E-state index contributed by atoms with van der Waals surface area (Å²) in [4.78, 5) is 46.8. The summed E-state index contributed by atoms with van der Waals surface area (Å²) in [6, 6.07) is 0. The molecule has 5 rings (SSSR count). The van der Waals surface area contributed by atoms with Crippen LogP contribution < -0.4 is 0 Å². The Balaban J connectivity index is 1.84. The van der Waals surface area contributed by atoms with Crippen molar-refractivity contribution in [1.82, 2.24) is 0 Å². The van der Waals surface area contributed by atoms with Crippen molar-refractivity contribution in [2.45, 2.75) is 12.8 Å². The highest BCUT2D eigenvalue weighted by atomic mass is 16.6. The second-order valence-electron chi connectivity index (χ2n) is 5.49. The van der Waals surface area contributed by atoms with Gasteiger partial charge in [0.05, 0.1) is 23.7 Å². The van der Waals surface area contributed by atoms with E-state index in [4.69, 9.17) is 0 Å². The normalized spacial score (nSPS) is 48.9. The van der Waals surface area contributed by atoms with Crippen molar-refractivity contribution in [3.63, 3.8) is 0 Å². The maximum absolute atomic E-state index is 11.7. The van der Waals surface area contributed by atoms with Gasteiger partial charge in [0.1, 0.15) is 0 Å². The standard InChI is InChI=1S/C12H10O6/c13-9-5-3-1-2-4(7(5)11(15)17-9)8-6(3)10(14)18-12(8)16/h3-8H,1-2H2/t3-,4+,5?,6?,7?,8?. The smallest absolute Gasteiger partial charge is 0.317 e. The van der Waals surface area contributed by atoms with E-state index in [0.717, 1.165) is 0 Å². The molecule has 3 saturated carbocycles. The Hall–Kier alpha value is -1.72. The lowest BCUT2D eigenvalue weighted by Crippen LogP contribution is -2.53.